The van der Waals surface area contributed by atoms with E-state index in [2.05, 4.69) is 4.98 Å². The molecule has 0 aliphatic rings. The summed E-state index contributed by atoms with van der Waals surface area (Å²) in [6.45, 7) is 4.27. The lowest BCUT2D eigenvalue weighted by Crippen LogP contribution is -2.29. The molecule has 5 nitrogen and oxygen atoms in total. The molecule has 0 N–H and O–H groups in total. The molecule has 0 atom stereocenters. The predicted octanol–water partition coefficient (Wildman–Crippen LogP) is 1.48. The van der Waals surface area contributed by atoms with E-state index in [4.69, 9.17) is 4.74 Å². The number of hydrogen-bond donors (Lipinski definition) is 0. The van der Waals surface area contributed by atoms with Gasteiger partial charge in [-0.1, -0.05) is 0 Å². The number of hydrogen-bond acceptors (Lipinski definition) is 5. The molecule has 0 saturated heterocycles. The molecule has 1 rings (SSSR count). The SMILES string of the molecule is CCOC(=O)CCN(C)C(=O)c1scnc1C. The van der Waals surface area contributed by atoms with Crippen molar-refractivity contribution < 1.29 is 14.3 Å². The van der Waals surface area contributed by atoms with E-state index in [1.54, 1.807) is 26.4 Å². The van der Waals surface area contributed by atoms with Gasteiger partial charge < -0.3 is 9.64 Å². The third-order valence-corrected chi connectivity index (χ3v) is 3.16. The highest BCUT2D eigenvalue weighted by atomic mass is 32.1. The second-order valence-electron chi connectivity index (χ2n) is 3.55. The Morgan fingerprint density at radius 1 is 1.53 bits per heavy atom. The number of aromatic nitrogens is 1. The predicted molar refractivity (Wildman–Crippen MR) is 65.1 cm³/mol. The molecule has 0 bridgehead atoms. The molecule has 1 heterocycles. The largest absolute Gasteiger partial charge is 0.466 e. The van der Waals surface area contributed by atoms with E-state index in [0.717, 1.165) is 5.69 Å². The highest BCUT2D eigenvalue weighted by Gasteiger charge is 2.17. The van der Waals surface area contributed by atoms with Crippen molar-refractivity contribution in [2.45, 2.75) is 20.3 Å². The minimum absolute atomic E-state index is 0.103. The lowest BCUT2D eigenvalue weighted by atomic mass is 10.3. The van der Waals surface area contributed by atoms with Gasteiger partial charge in [-0.2, -0.15) is 0 Å². The number of carbonyl (C=O) groups excluding carboxylic acids is 2. The molecular weight excluding hydrogens is 240 g/mol. The quantitative estimate of drug-likeness (QED) is 0.749. The van der Waals surface area contributed by atoms with Gasteiger partial charge in [0.1, 0.15) is 4.88 Å². The van der Waals surface area contributed by atoms with Crippen LogP contribution in [0.1, 0.15) is 28.7 Å². The van der Waals surface area contributed by atoms with Crippen LogP contribution >= 0.6 is 11.3 Å². The molecule has 0 aliphatic carbocycles. The molecule has 6 heteroatoms. The summed E-state index contributed by atoms with van der Waals surface area (Å²) in [6.07, 6.45) is 0.216. The van der Waals surface area contributed by atoms with Gasteiger partial charge in [-0.3, -0.25) is 9.59 Å². The molecule has 0 unspecified atom stereocenters. The summed E-state index contributed by atoms with van der Waals surface area (Å²) in [5.41, 5.74) is 2.37. The fourth-order valence-corrected chi connectivity index (χ4v) is 2.07. The molecule has 0 fully saturated rings. The van der Waals surface area contributed by atoms with Gasteiger partial charge in [-0.15, -0.1) is 11.3 Å². The van der Waals surface area contributed by atoms with Gasteiger partial charge in [-0.25, -0.2) is 4.98 Å². The van der Waals surface area contributed by atoms with Crippen molar-refractivity contribution in [3.8, 4) is 0 Å². The Kier molecular flexibility index (Phi) is 5.09. The topological polar surface area (TPSA) is 59.5 Å². The van der Waals surface area contributed by atoms with E-state index >= 15 is 0 Å². The zero-order chi connectivity index (χ0) is 12.8. The Morgan fingerprint density at radius 2 is 2.24 bits per heavy atom. The van der Waals surface area contributed by atoms with Gasteiger partial charge >= 0.3 is 5.97 Å². The Bertz CT molecular complexity index is 403. The number of thiazole rings is 1. The normalized spacial score (nSPS) is 10.1. The smallest absolute Gasteiger partial charge is 0.307 e. The number of amides is 1. The first-order valence-corrected chi connectivity index (χ1v) is 6.25. The first-order valence-electron chi connectivity index (χ1n) is 5.37. The average Bonchev–Trinajstić information content (AvgIpc) is 2.71. The summed E-state index contributed by atoms with van der Waals surface area (Å²) in [4.78, 5) is 29.3. The molecule has 0 aliphatic heterocycles. The molecule has 0 radical (unpaired) electrons. The van der Waals surface area contributed by atoms with Crippen LogP contribution in [0, 0.1) is 6.92 Å². The van der Waals surface area contributed by atoms with Crippen LogP contribution in [0.15, 0.2) is 5.51 Å². The van der Waals surface area contributed by atoms with Crippen molar-refractivity contribution in [3.63, 3.8) is 0 Å². The molecule has 0 saturated carbocycles. The Labute approximate surface area is 104 Å². The van der Waals surface area contributed by atoms with Crippen LogP contribution in [0.4, 0.5) is 0 Å². The van der Waals surface area contributed by atoms with E-state index in [1.807, 2.05) is 0 Å². The zero-order valence-electron chi connectivity index (χ0n) is 10.2. The zero-order valence-corrected chi connectivity index (χ0v) is 11.0. The Morgan fingerprint density at radius 3 is 2.76 bits per heavy atom. The van der Waals surface area contributed by atoms with Gasteiger partial charge in [0.25, 0.3) is 5.91 Å². The minimum Gasteiger partial charge on any atom is -0.466 e. The Balaban J connectivity index is 2.48. The summed E-state index contributed by atoms with van der Waals surface area (Å²) in [5.74, 6) is -0.387. The van der Waals surface area contributed by atoms with Crippen LogP contribution in [0.25, 0.3) is 0 Å². The molecule has 1 amide bonds. The van der Waals surface area contributed by atoms with Crippen LogP contribution in [0.5, 0.6) is 0 Å². The maximum absolute atomic E-state index is 11.9. The maximum atomic E-state index is 11.9. The fourth-order valence-electron chi connectivity index (χ4n) is 1.27. The van der Waals surface area contributed by atoms with Crippen molar-refractivity contribution in [2.75, 3.05) is 20.2 Å². The first kappa shape index (κ1) is 13.6. The van der Waals surface area contributed by atoms with E-state index in [1.165, 1.54) is 16.2 Å². The van der Waals surface area contributed by atoms with Gasteiger partial charge in [0.2, 0.25) is 0 Å². The number of aryl methyl sites for hydroxylation is 1. The van der Waals surface area contributed by atoms with Crippen LogP contribution in [-0.4, -0.2) is 42.0 Å². The molecule has 94 valence electrons. The summed E-state index contributed by atoms with van der Waals surface area (Å²) in [7, 11) is 1.67. The number of rotatable bonds is 5. The van der Waals surface area contributed by atoms with Crippen LogP contribution in [0.3, 0.4) is 0 Å². The highest BCUT2D eigenvalue weighted by molar-refractivity contribution is 7.11. The van der Waals surface area contributed by atoms with Crippen LogP contribution in [-0.2, 0) is 9.53 Å². The third-order valence-electron chi connectivity index (χ3n) is 2.24. The molecular formula is C11H16N2O3S. The van der Waals surface area contributed by atoms with E-state index < -0.39 is 0 Å². The standard InChI is InChI=1S/C11H16N2O3S/c1-4-16-9(14)5-6-13(3)11(15)10-8(2)12-7-17-10/h7H,4-6H2,1-3H3. The lowest BCUT2D eigenvalue weighted by molar-refractivity contribution is -0.143. The van der Waals surface area contributed by atoms with Crippen molar-refractivity contribution in [1.29, 1.82) is 0 Å². The van der Waals surface area contributed by atoms with E-state index in [9.17, 15) is 9.59 Å². The van der Waals surface area contributed by atoms with Crippen molar-refractivity contribution in [1.82, 2.24) is 9.88 Å². The maximum Gasteiger partial charge on any atom is 0.307 e. The van der Waals surface area contributed by atoms with Gasteiger partial charge in [0.05, 0.1) is 24.2 Å². The number of esters is 1. The fraction of sp³-hybridized carbons (Fsp3) is 0.545. The van der Waals surface area contributed by atoms with E-state index in [0.29, 0.717) is 18.0 Å². The summed E-state index contributed by atoms with van der Waals surface area (Å²) in [6, 6.07) is 0. The van der Waals surface area contributed by atoms with Crippen LogP contribution < -0.4 is 0 Å². The number of carbonyl (C=O) groups is 2. The number of ether oxygens (including phenoxy) is 1. The van der Waals surface area contributed by atoms with Gasteiger partial charge in [0.15, 0.2) is 0 Å². The third kappa shape index (κ3) is 3.81. The second kappa shape index (κ2) is 6.34. The van der Waals surface area contributed by atoms with E-state index in [-0.39, 0.29) is 18.3 Å². The van der Waals surface area contributed by atoms with Crippen molar-refractivity contribution >= 4 is 23.2 Å². The summed E-state index contributed by atoms with van der Waals surface area (Å²) in [5, 5.41) is 0. The average molecular weight is 256 g/mol. The molecule has 1 aromatic heterocycles. The summed E-state index contributed by atoms with van der Waals surface area (Å²) >= 11 is 1.31. The highest BCUT2D eigenvalue weighted by Crippen LogP contribution is 2.14. The van der Waals surface area contributed by atoms with Crippen LogP contribution in [0.2, 0.25) is 0 Å². The second-order valence-corrected chi connectivity index (χ2v) is 4.40. The lowest BCUT2D eigenvalue weighted by Gasteiger charge is -2.15. The number of nitrogens with zero attached hydrogens (tertiary/aromatic N) is 2. The molecule has 1 aromatic rings. The van der Waals surface area contributed by atoms with Crippen molar-refractivity contribution in [3.05, 3.63) is 16.1 Å². The van der Waals surface area contributed by atoms with Crippen molar-refractivity contribution in [2.24, 2.45) is 0 Å². The monoisotopic (exact) mass is 256 g/mol. The minimum atomic E-state index is -0.284. The first-order chi connectivity index (χ1) is 8.06. The Hall–Kier alpha value is -1.43. The molecule has 0 spiro atoms. The summed E-state index contributed by atoms with van der Waals surface area (Å²) < 4.78 is 4.80. The molecule has 0 aromatic carbocycles. The molecule has 17 heavy (non-hydrogen) atoms. The van der Waals surface area contributed by atoms with Gasteiger partial charge in [-0.05, 0) is 13.8 Å². The van der Waals surface area contributed by atoms with Gasteiger partial charge in [0, 0.05) is 13.6 Å².